The SMILES string of the molecule is COc1cc(F)cc(S(=O)(=O)c2ccc(CCC(=O)c3cnc4[nH]ncc4c3)cc2)c1. The zero-order valence-electron chi connectivity index (χ0n) is 16.5. The molecule has 4 rings (SSSR count). The van der Waals surface area contributed by atoms with Gasteiger partial charge in [0.05, 0.1) is 23.1 Å². The van der Waals surface area contributed by atoms with Gasteiger partial charge < -0.3 is 4.74 Å². The summed E-state index contributed by atoms with van der Waals surface area (Å²) in [6.45, 7) is 0. The van der Waals surface area contributed by atoms with Crippen LogP contribution in [-0.4, -0.2) is 36.5 Å². The number of carbonyl (C=O) groups excluding carboxylic acids is 1. The predicted molar refractivity (Wildman–Crippen MR) is 111 cm³/mol. The number of nitrogens with zero attached hydrogens (tertiary/aromatic N) is 2. The van der Waals surface area contributed by atoms with Crippen LogP contribution in [-0.2, 0) is 16.3 Å². The number of pyridine rings is 1. The number of H-pyrrole nitrogens is 1. The molecule has 1 N–H and O–H groups in total. The summed E-state index contributed by atoms with van der Waals surface area (Å²) in [5.41, 5.74) is 1.92. The van der Waals surface area contributed by atoms with Gasteiger partial charge in [-0.15, -0.1) is 0 Å². The van der Waals surface area contributed by atoms with Crippen LogP contribution in [0.25, 0.3) is 11.0 Å². The van der Waals surface area contributed by atoms with Gasteiger partial charge in [-0.05, 0) is 42.3 Å². The van der Waals surface area contributed by atoms with Crippen LogP contribution in [0.1, 0.15) is 22.3 Å². The van der Waals surface area contributed by atoms with Gasteiger partial charge in [-0.3, -0.25) is 9.89 Å². The number of carbonyl (C=O) groups is 1. The lowest BCUT2D eigenvalue weighted by Crippen LogP contribution is -2.04. The number of ketones is 1. The second kappa shape index (κ2) is 8.27. The fraction of sp³-hybridized carbons (Fsp3) is 0.136. The highest BCUT2D eigenvalue weighted by molar-refractivity contribution is 7.91. The molecule has 7 nitrogen and oxygen atoms in total. The summed E-state index contributed by atoms with van der Waals surface area (Å²) < 4.78 is 44.3. The molecule has 0 saturated carbocycles. The zero-order valence-corrected chi connectivity index (χ0v) is 17.3. The Morgan fingerprint density at radius 1 is 1.06 bits per heavy atom. The second-order valence-electron chi connectivity index (χ2n) is 6.93. The topological polar surface area (TPSA) is 102 Å². The van der Waals surface area contributed by atoms with Crippen LogP contribution < -0.4 is 4.74 Å². The number of aromatic nitrogens is 3. The van der Waals surface area contributed by atoms with Crippen molar-refractivity contribution in [2.45, 2.75) is 22.6 Å². The molecule has 0 amide bonds. The summed E-state index contributed by atoms with van der Waals surface area (Å²) in [5, 5.41) is 7.38. The van der Waals surface area contributed by atoms with Gasteiger partial charge in [0.15, 0.2) is 11.4 Å². The largest absolute Gasteiger partial charge is 0.497 e. The number of hydrogen-bond donors (Lipinski definition) is 1. The Balaban J connectivity index is 1.47. The molecule has 0 aliphatic carbocycles. The number of aromatic amines is 1. The molecule has 158 valence electrons. The van der Waals surface area contributed by atoms with Gasteiger partial charge in [-0.1, -0.05) is 12.1 Å². The first-order valence-corrected chi connectivity index (χ1v) is 10.9. The Kier molecular flexibility index (Phi) is 5.51. The summed E-state index contributed by atoms with van der Waals surface area (Å²) in [4.78, 5) is 16.5. The highest BCUT2D eigenvalue weighted by Gasteiger charge is 2.20. The van der Waals surface area contributed by atoms with E-state index in [9.17, 15) is 17.6 Å². The van der Waals surface area contributed by atoms with Crippen LogP contribution in [0.2, 0.25) is 0 Å². The molecule has 0 fully saturated rings. The van der Waals surface area contributed by atoms with Crippen LogP contribution in [0.4, 0.5) is 4.39 Å². The molecule has 0 unspecified atom stereocenters. The van der Waals surface area contributed by atoms with Crippen LogP contribution in [0.15, 0.2) is 70.7 Å². The standard InChI is InChI=1S/C22H18FN3O4S/c1-30-18-9-17(23)10-20(11-18)31(28,29)19-5-2-14(3-6-19)4-7-21(27)15-8-16-13-25-26-22(16)24-12-15/h2-3,5-6,8-13H,4,7H2,1H3,(H,24,25,26). The number of rotatable bonds is 7. The monoisotopic (exact) mass is 439 g/mol. The minimum atomic E-state index is -3.90. The van der Waals surface area contributed by atoms with E-state index in [-0.39, 0.29) is 27.7 Å². The Morgan fingerprint density at radius 2 is 1.84 bits per heavy atom. The molecule has 0 radical (unpaired) electrons. The van der Waals surface area contributed by atoms with Crippen molar-refractivity contribution in [3.8, 4) is 5.75 Å². The highest BCUT2D eigenvalue weighted by atomic mass is 32.2. The van der Waals surface area contributed by atoms with Crippen molar-refractivity contribution in [1.29, 1.82) is 0 Å². The van der Waals surface area contributed by atoms with E-state index in [0.717, 1.165) is 23.1 Å². The lowest BCUT2D eigenvalue weighted by molar-refractivity contribution is 0.0982. The number of benzene rings is 2. The van der Waals surface area contributed by atoms with Gasteiger partial charge in [0.25, 0.3) is 0 Å². The lowest BCUT2D eigenvalue weighted by atomic mass is 10.0. The van der Waals surface area contributed by atoms with Gasteiger partial charge in [-0.25, -0.2) is 17.8 Å². The smallest absolute Gasteiger partial charge is 0.206 e. The molecule has 2 aromatic carbocycles. The summed E-state index contributed by atoms with van der Waals surface area (Å²) in [6.07, 6.45) is 3.80. The average Bonchev–Trinajstić information content (AvgIpc) is 3.25. The molecule has 31 heavy (non-hydrogen) atoms. The summed E-state index contributed by atoms with van der Waals surface area (Å²) in [7, 11) is -2.57. The van der Waals surface area contributed by atoms with E-state index in [1.165, 1.54) is 31.5 Å². The molecule has 0 aliphatic heterocycles. The van der Waals surface area contributed by atoms with E-state index < -0.39 is 15.7 Å². The number of methoxy groups -OCH3 is 1. The van der Waals surface area contributed by atoms with Gasteiger partial charge >= 0.3 is 0 Å². The number of fused-ring (bicyclic) bond motifs is 1. The van der Waals surface area contributed by atoms with E-state index in [1.807, 2.05) is 0 Å². The summed E-state index contributed by atoms with van der Waals surface area (Å²) >= 11 is 0. The molecule has 0 spiro atoms. The van der Waals surface area contributed by atoms with Crippen molar-refractivity contribution >= 4 is 26.7 Å². The fourth-order valence-electron chi connectivity index (χ4n) is 3.17. The minimum Gasteiger partial charge on any atom is -0.497 e. The fourth-order valence-corrected chi connectivity index (χ4v) is 4.48. The van der Waals surface area contributed by atoms with Crippen molar-refractivity contribution in [3.63, 3.8) is 0 Å². The van der Waals surface area contributed by atoms with Crippen molar-refractivity contribution in [2.24, 2.45) is 0 Å². The van der Waals surface area contributed by atoms with E-state index in [2.05, 4.69) is 15.2 Å². The van der Waals surface area contributed by atoms with Crippen molar-refractivity contribution in [2.75, 3.05) is 7.11 Å². The Hall–Kier alpha value is -3.59. The van der Waals surface area contributed by atoms with E-state index in [0.29, 0.717) is 17.6 Å². The van der Waals surface area contributed by atoms with Crippen molar-refractivity contribution in [3.05, 3.63) is 77.9 Å². The summed E-state index contributed by atoms with van der Waals surface area (Å²) in [5.74, 6) is -0.646. The van der Waals surface area contributed by atoms with Gasteiger partial charge in [0.2, 0.25) is 9.84 Å². The third-order valence-electron chi connectivity index (χ3n) is 4.88. The van der Waals surface area contributed by atoms with Gasteiger partial charge in [-0.2, -0.15) is 5.10 Å². The summed E-state index contributed by atoms with van der Waals surface area (Å²) in [6, 6.07) is 11.3. The number of ether oxygens (including phenoxy) is 1. The maximum Gasteiger partial charge on any atom is 0.206 e. The number of hydrogen-bond acceptors (Lipinski definition) is 6. The lowest BCUT2D eigenvalue weighted by Gasteiger charge is -2.08. The van der Waals surface area contributed by atoms with Crippen molar-refractivity contribution < 1.29 is 22.3 Å². The first-order chi connectivity index (χ1) is 14.9. The molecule has 0 atom stereocenters. The number of nitrogens with one attached hydrogen (secondary N) is 1. The average molecular weight is 439 g/mol. The third kappa shape index (κ3) is 4.31. The van der Waals surface area contributed by atoms with E-state index >= 15 is 0 Å². The van der Waals surface area contributed by atoms with Crippen LogP contribution in [0, 0.1) is 5.82 Å². The first-order valence-electron chi connectivity index (χ1n) is 9.38. The zero-order chi connectivity index (χ0) is 22.0. The van der Waals surface area contributed by atoms with Crippen LogP contribution in [0.3, 0.4) is 0 Å². The van der Waals surface area contributed by atoms with E-state index in [4.69, 9.17) is 4.74 Å². The first kappa shape index (κ1) is 20.7. The molecular formula is C22H18FN3O4S. The molecule has 4 aromatic rings. The quantitative estimate of drug-likeness (QED) is 0.440. The molecule has 9 heteroatoms. The van der Waals surface area contributed by atoms with Crippen molar-refractivity contribution in [1.82, 2.24) is 15.2 Å². The Labute approximate surface area is 177 Å². The van der Waals surface area contributed by atoms with Gasteiger partial charge in [0, 0.05) is 29.6 Å². The highest BCUT2D eigenvalue weighted by Crippen LogP contribution is 2.26. The van der Waals surface area contributed by atoms with Crippen LogP contribution in [0.5, 0.6) is 5.75 Å². The van der Waals surface area contributed by atoms with Gasteiger partial charge in [0.1, 0.15) is 11.6 Å². The number of halogens is 1. The minimum absolute atomic E-state index is 0.0323. The molecule has 0 saturated heterocycles. The number of Topliss-reactive ketones (excluding diaryl/α,β-unsaturated/α-hetero) is 1. The molecule has 0 aliphatic rings. The molecule has 2 aromatic heterocycles. The molecule has 0 bridgehead atoms. The maximum atomic E-state index is 13.7. The normalized spacial score (nSPS) is 11.5. The molecular weight excluding hydrogens is 421 g/mol. The number of aryl methyl sites for hydroxylation is 1. The van der Waals surface area contributed by atoms with E-state index in [1.54, 1.807) is 24.4 Å². The number of sulfone groups is 1. The Morgan fingerprint density at radius 3 is 2.58 bits per heavy atom. The van der Waals surface area contributed by atoms with Crippen LogP contribution >= 0.6 is 0 Å². The Bertz CT molecular complexity index is 1370. The second-order valence-corrected chi connectivity index (χ2v) is 8.88. The third-order valence-corrected chi connectivity index (χ3v) is 6.63. The maximum absolute atomic E-state index is 13.7. The molecule has 2 heterocycles. The predicted octanol–water partition coefficient (Wildman–Crippen LogP) is 3.75.